The number of hydrogen-bond donors (Lipinski definition) is 2. The van der Waals surface area contributed by atoms with Crippen LogP contribution in [0.2, 0.25) is 0 Å². The first-order valence-electron chi connectivity index (χ1n) is 9.41. The molecule has 134 valence electrons. The molecule has 1 saturated carbocycles. The summed E-state index contributed by atoms with van der Waals surface area (Å²) in [5.74, 6) is 0.0567. The molecule has 3 atom stereocenters. The van der Waals surface area contributed by atoms with Gasteiger partial charge in [-0.2, -0.15) is 0 Å². The zero-order chi connectivity index (χ0) is 16.8. The molecule has 1 aromatic heterocycles. The summed E-state index contributed by atoms with van der Waals surface area (Å²) in [5.41, 5.74) is 0. The van der Waals surface area contributed by atoms with Gasteiger partial charge in [0.05, 0.1) is 18.5 Å². The monoisotopic (exact) mass is 334 g/mol. The second-order valence-corrected chi connectivity index (χ2v) is 7.16. The number of amides is 1. The molecule has 2 fully saturated rings. The molecule has 1 saturated heterocycles. The van der Waals surface area contributed by atoms with Crippen LogP contribution in [-0.4, -0.2) is 56.7 Å². The summed E-state index contributed by atoms with van der Waals surface area (Å²) in [6.45, 7) is 2.98. The SMILES string of the molecule is O=C(CCCn1ccnc1)N[C@@H]1CCCC[C@@H](N2CCCC2)[C@@H]1O. The summed E-state index contributed by atoms with van der Waals surface area (Å²) in [6, 6.07) is 0.116. The molecule has 1 aromatic rings. The van der Waals surface area contributed by atoms with Gasteiger partial charge >= 0.3 is 0 Å². The predicted molar refractivity (Wildman–Crippen MR) is 92.5 cm³/mol. The smallest absolute Gasteiger partial charge is 0.220 e. The van der Waals surface area contributed by atoms with Crippen molar-refractivity contribution in [3.05, 3.63) is 18.7 Å². The van der Waals surface area contributed by atoms with Crippen LogP contribution in [0.25, 0.3) is 0 Å². The number of rotatable bonds is 6. The highest BCUT2D eigenvalue weighted by Gasteiger charge is 2.35. The highest BCUT2D eigenvalue weighted by atomic mass is 16.3. The Balaban J connectivity index is 1.47. The van der Waals surface area contributed by atoms with Gasteiger partial charge in [-0.25, -0.2) is 4.98 Å². The van der Waals surface area contributed by atoms with E-state index in [1.807, 2.05) is 10.8 Å². The van der Waals surface area contributed by atoms with Crippen LogP contribution in [0.5, 0.6) is 0 Å². The number of nitrogens with zero attached hydrogens (tertiary/aromatic N) is 3. The van der Waals surface area contributed by atoms with Crippen molar-refractivity contribution >= 4 is 5.91 Å². The van der Waals surface area contributed by atoms with Crippen molar-refractivity contribution in [3.63, 3.8) is 0 Å². The van der Waals surface area contributed by atoms with Gasteiger partial charge in [-0.05, 0) is 45.2 Å². The summed E-state index contributed by atoms with van der Waals surface area (Å²) >= 11 is 0. The number of nitrogens with one attached hydrogen (secondary N) is 1. The third-order valence-electron chi connectivity index (χ3n) is 5.41. The van der Waals surface area contributed by atoms with Crippen molar-refractivity contribution in [1.82, 2.24) is 19.8 Å². The van der Waals surface area contributed by atoms with Crippen molar-refractivity contribution in [3.8, 4) is 0 Å². The van der Waals surface area contributed by atoms with Crippen LogP contribution >= 0.6 is 0 Å². The summed E-state index contributed by atoms with van der Waals surface area (Å²) in [4.78, 5) is 18.7. The maximum Gasteiger partial charge on any atom is 0.220 e. The third-order valence-corrected chi connectivity index (χ3v) is 5.41. The van der Waals surface area contributed by atoms with Crippen molar-refractivity contribution in [2.45, 2.75) is 76.1 Å². The third kappa shape index (κ3) is 4.57. The molecule has 2 N–H and O–H groups in total. The molecule has 24 heavy (non-hydrogen) atoms. The lowest BCUT2D eigenvalue weighted by Crippen LogP contribution is -2.52. The number of imidazole rings is 1. The van der Waals surface area contributed by atoms with Gasteiger partial charge < -0.3 is 15.0 Å². The zero-order valence-corrected chi connectivity index (χ0v) is 14.4. The molecular formula is C18H30N4O2. The van der Waals surface area contributed by atoms with E-state index < -0.39 is 6.10 Å². The Hall–Kier alpha value is -1.40. The van der Waals surface area contributed by atoms with E-state index in [0.29, 0.717) is 6.42 Å². The normalized spacial score (nSPS) is 28.6. The predicted octanol–water partition coefficient (Wildman–Crippen LogP) is 1.55. The first-order valence-corrected chi connectivity index (χ1v) is 9.41. The van der Waals surface area contributed by atoms with Gasteiger partial charge in [-0.1, -0.05) is 12.8 Å². The summed E-state index contributed by atoms with van der Waals surface area (Å²) in [6.07, 6.45) is 12.9. The number of aromatic nitrogens is 2. The standard InChI is InChI=1S/C18H30N4O2/c23-17(8-5-10-21-13-9-19-14-21)20-15-6-1-2-7-16(18(15)24)22-11-3-4-12-22/h9,13-16,18,24H,1-8,10-12H2,(H,20,23)/t15-,16-,18-/m1/s1. The number of carbonyl (C=O) groups is 1. The first-order chi connectivity index (χ1) is 11.7. The summed E-state index contributed by atoms with van der Waals surface area (Å²) < 4.78 is 1.98. The molecule has 0 radical (unpaired) electrons. The quantitative estimate of drug-likeness (QED) is 0.775. The second-order valence-electron chi connectivity index (χ2n) is 7.16. The number of aliphatic hydroxyl groups excluding tert-OH is 1. The molecule has 0 aromatic carbocycles. The maximum atomic E-state index is 12.3. The minimum atomic E-state index is -0.441. The fourth-order valence-corrected chi connectivity index (χ4v) is 4.08. The van der Waals surface area contributed by atoms with Crippen LogP contribution in [0.3, 0.4) is 0 Å². The van der Waals surface area contributed by atoms with Crippen molar-refractivity contribution in [1.29, 1.82) is 0 Å². The lowest BCUT2D eigenvalue weighted by atomic mass is 10.00. The van der Waals surface area contributed by atoms with E-state index in [9.17, 15) is 9.90 Å². The Morgan fingerprint density at radius 3 is 2.75 bits per heavy atom. The van der Waals surface area contributed by atoms with Crippen LogP contribution in [0, 0.1) is 0 Å². The van der Waals surface area contributed by atoms with Crippen LogP contribution in [0.15, 0.2) is 18.7 Å². The molecule has 1 aliphatic carbocycles. The topological polar surface area (TPSA) is 70.4 Å². The molecule has 2 heterocycles. The van der Waals surface area contributed by atoms with E-state index in [2.05, 4.69) is 15.2 Å². The first kappa shape index (κ1) is 17.4. The minimum Gasteiger partial charge on any atom is -0.389 e. The number of likely N-dealkylation sites (tertiary alicyclic amines) is 1. The number of hydrogen-bond acceptors (Lipinski definition) is 4. The van der Waals surface area contributed by atoms with E-state index in [1.54, 1.807) is 12.5 Å². The summed E-state index contributed by atoms with van der Waals surface area (Å²) in [7, 11) is 0. The molecule has 1 aliphatic heterocycles. The highest BCUT2D eigenvalue weighted by Crippen LogP contribution is 2.26. The maximum absolute atomic E-state index is 12.3. The van der Waals surface area contributed by atoms with E-state index in [0.717, 1.165) is 51.7 Å². The van der Waals surface area contributed by atoms with Crippen LogP contribution in [0.4, 0.5) is 0 Å². The van der Waals surface area contributed by atoms with Crippen molar-refractivity contribution in [2.75, 3.05) is 13.1 Å². The zero-order valence-electron chi connectivity index (χ0n) is 14.4. The Kier molecular flexibility index (Phi) is 6.26. The molecule has 3 rings (SSSR count). The average Bonchev–Trinajstić information content (AvgIpc) is 3.24. The Bertz CT molecular complexity index is 499. The van der Waals surface area contributed by atoms with Gasteiger partial charge in [0.25, 0.3) is 0 Å². The van der Waals surface area contributed by atoms with Crippen molar-refractivity contribution in [2.24, 2.45) is 0 Å². The lowest BCUT2D eigenvalue weighted by molar-refractivity contribution is -0.123. The van der Waals surface area contributed by atoms with Gasteiger partial charge in [0.1, 0.15) is 0 Å². The Morgan fingerprint density at radius 2 is 2.00 bits per heavy atom. The second kappa shape index (κ2) is 8.62. The Labute approximate surface area is 144 Å². The molecule has 0 bridgehead atoms. The fraction of sp³-hybridized carbons (Fsp3) is 0.778. The summed E-state index contributed by atoms with van der Waals surface area (Å²) in [5, 5.41) is 13.9. The van der Waals surface area contributed by atoms with Gasteiger partial charge in [-0.3, -0.25) is 9.69 Å². The van der Waals surface area contributed by atoms with E-state index in [1.165, 1.54) is 12.8 Å². The molecule has 0 unspecified atom stereocenters. The molecule has 6 heteroatoms. The van der Waals surface area contributed by atoms with Crippen LogP contribution in [-0.2, 0) is 11.3 Å². The number of carbonyl (C=O) groups excluding carboxylic acids is 1. The van der Waals surface area contributed by atoms with Crippen LogP contribution < -0.4 is 5.32 Å². The highest BCUT2D eigenvalue weighted by molar-refractivity contribution is 5.76. The average molecular weight is 334 g/mol. The fourth-order valence-electron chi connectivity index (χ4n) is 4.08. The van der Waals surface area contributed by atoms with E-state index in [-0.39, 0.29) is 18.0 Å². The van der Waals surface area contributed by atoms with Gasteiger partial charge in [0, 0.05) is 31.4 Å². The molecular weight excluding hydrogens is 304 g/mol. The van der Waals surface area contributed by atoms with Gasteiger partial charge in [0.15, 0.2) is 0 Å². The Morgan fingerprint density at radius 1 is 1.21 bits per heavy atom. The van der Waals surface area contributed by atoms with Crippen molar-refractivity contribution < 1.29 is 9.90 Å². The minimum absolute atomic E-state index is 0.0567. The largest absolute Gasteiger partial charge is 0.389 e. The molecule has 0 spiro atoms. The van der Waals surface area contributed by atoms with E-state index in [4.69, 9.17) is 0 Å². The van der Waals surface area contributed by atoms with Gasteiger partial charge in [-0.15, -0.1) is 0 Å². The van der Waals surface area contributed by atoms with E-state index >= 15 is 0 Å². The molecule has 2 aliphatic rings. The lowest BCUT2D eigenvalue weighted by Gasteiger charge is -2.34. The van der Waals surface area contributed by atoms with Gasteiger partial charge in [0.2, 0.25) is 5.91 Å². The molecule has 1 amide bonds. The molecule has 6 nitrogen and oxygen atoms in total. The number of aryl methyl sites for hydroxylation is 1. The van der Waals surface area contributed by atoms with Crippen LogP contribution in [0.1, 0.15) is 51.4 Å². The number of aliphatic hydroxyl groups is 1.